The summed E-state index contributed by atoms with van der Waals surface area (Å²) in [6.07, 6.45) is -1.76. The molecule has 0 fully saturated rings. The molecule has 1 aromatic rings. The van der Waals surface area contributed by atoms with Crippen molar-refractivity contribution in [2.24, 2.45) is 0 Å². The minimum Gasteiger partial charge on any atom is -0.508 e. The molecular formula is C9H12O3. The Hall–Kier alpha value is -1.06. The number of rotatable bonds is 2. The molecule has 0 aromatic heterocycles. The van der Waals surface area contributed by atoms with Crippen LogP contribution in [0, 0.1) is 0 Å². The Bertz CT molecular complexity index is 258. The van der Waals surface area contributed by atoms with Gasteiger partial charge in [0.25, 0.3) is 0 Å². The molecule has 0 amide bonds. The molecule has 0 saturated carbocycles. The Morgan fingerprint density at radius 1 is 1.25 bits per heavy atom. The van der Waals surface area contributed by atoms with Crippen molar-refractivity contribution in [3.8, 4) is 5.75 Å². The van der Waals surface area contributed by atoms with E-state index in [4.69, 9.17) is 10.2 Å². The van der Waals surface area contributed by atoms with E-state index in [2.05, 4.69) is 0 Å². The smallest absolute Gasteiger partial charge is 0.115 e. The van der Waals surface area contributed by atoms with E-state index in [1.54, 1.807) is 12.1 Å². The molecular weight excluding hydrogens is 156 g/mol. The van der Waals surface area contributed by atoms with Gasteiger partial charge in [-0.15, -0.1) is 0 Å². The molecule has 12 heavy (non-hydrogen) atoms. The lowest BCUT2D eigenvalue weighted by molar-refractivity contribution is 0.0304. The number of benzene rings is 1. The highest BCUT2D eigenvalue weighted by atomic mass is 16.3. The largest absolute Gasteiger partial charge is 0.508 e. The fourth-order valence-corrected chi connectivity index (χ4v) is 0.987. The first kappa shape index (κ1) is 9.03. The normalized spacial score (nSPS) is 15.6. The van der Waals surface area contributed by atoms with Crippen molar-refractivity contribution in [3.05, 3.63) is 29.8 Å². The van der Waals surface area contributed by atoms with E-state index in [1.807, 2.05) is 0 Å². The summed E-state index contributed by atoms with van der Waals surface area (Å²) in [5.41, 5.74) is 0.519. The van der Waals surface area contributed by atoms with Gasteiger partial charge in [0.15, 0.2) is 0 Å². The first-order valence-electron chi connectivity index (χ1n) is 3.76. The van der Waals surface area contributed by atoms with Crippen molar-refractivity contribution in [2.75, 3.05) is 0 Å². The van der Waals surface area contributed by atoms with E-state index in [0.717, 1.165) is 0 Å². The number of phenols is 1. The first-order chi connectivity index (χ1) is 5.61. The second-order valence-corrected chi connectivity index (χ2v) is 2.78. The van der Waals surface area contributed by atoms with Crippen LogP contribution in [-0.4, -0.2) is 21.4 Å². The summed E-state index contributed by atoms with van der Waals surface area (Å²) in [6, 6.07) is 6.21. The Balaban J connectivity index is 2.88. The van der Waals surface area contributed by atoms with E-state index in [9.17, 15) is 5.11 Å². The van der Waals surface area contributed by atoms with Crippen molar-refractivity contribution in [1.29, 1.82) is 0 Å². The van der Waals surface area contributed by atoms with Gasteiger partial charge in [0.2, 0.25) is 0 Å². The van der Waals surface area contributed by atoms with Gasteiger partial charge in [-0.05, 0) is 24.6 Å². The van der Waals surface area contributed by atoms with Crippen LogP contribution < -0.4 is 0 Å². The fraction of sp³-hybridized carbons (Fsp3) is 0.333. The zero-order valence-electron chi connectivity index (χ0n) is 6.81. The Morgan fingerprint density at radius 3 is 2.42 bits per heavy atom. The second kappa shape index (κ2) is 3.56. The van der Waals surface area contributed by atoms with Crippen molar-refractivity contribution in [3.63, 3.8) is 0 Å². The van der Waals surface area contributed by atoms with Gasteiger partial charge in [0.1, 0.15) is 11.9 Å². The molecule has 3 heteroatoms. The zero-order valence-corrected chi connectivity index (χ0v) is 6.81. The highest BCUT2D eigenvalue weighted by Crippen LogP contribution is 2.20. The molecule has 0 spiro atoms. The Labute approximate surface area is 70.9 Å². The van der Waals surface area contributed by atoms with Crippen LogP contribution in [0.25, 0.3) is 0 Å². The lowest BCUT2D eigenvalue weighted by atomic mass is 10.1. The average Bonchev–Trinajstić information content (AvgIpc) is 2.03. The van der Waals surface area contributed by atoms with Crippen LogP contribution in [0.3, 0.4) is 0 Å². The Morgan fingerprint density at radius 2 is 1.92 bits per heavy atom. The molecule has 3 nitrogen and oxygen atoms in total. The molecule has 0 heterocycles. The minimum atomic E-state index is -0.933. The standard InChI is InChI=1S/C9H12O3/c1-6(10)9(12)7-3-2-4-8(11)5-7/h2-6,9-12H,1H3. The maximum Gasteiger partial charge on any atom is 0.115 e. The Kier molecular flexibility index (Phi) is 2.68. The maximum absolute atomic E-state index is 9.36. The fourth-order valence-electron chi connectivity index (χ4n) is 0.987. The molecule has 0 aliphatic rings. The van der Waals surface area contributed by atoms with E-state index >= 15 is 0 Å². The summed E-state index contributed by atoms with van der Waals surface area (Å²) in [7, 11) is 0. The van der Waals surface area contributed by atoms with E-state index in [1.165, 1.54) is 19.1 Å². The topological polar surface area (TPSA) is 60.7 Å². The zero-order chi connectivity index (χ0) is 9.14. The van der Waals surface area contributed by atoms with Crippen molar-refractivity contribution in [2.45, 2.75) is 19.1 Å². The summed E-state index contributed by atoms with van der Waals surface area (Å²) in [5, 5.41) is 27.4. The summed E-state index contributed by atoms with van der Waals surface area (Å²) >= 11 is 0. The van der Waals surface area contributed by atoms with Crippen LogP contribution >= 0.6 is 0 Å². The SMILES string of the molecule is CC(O)C(O)c1cccc(O)c1. The van der Waals surface area contributed by atoms with Crippen LogP contribution in [0.5, 0.6) is 5.75 Å². The molecule has 3 N–H and O–H groups in total. The molecule has 0 saturated heterocycles. The number of aliphatic hydroxyl groups is 2. The average molecular weight is 168 g/mol. The third-order valence-electron chi connectivity index (χ3n) is 1.67. The highest BCUT2D eigenvalue weighted by Gasteiger charge is 2.13. The lowest BCUT2D eigenvalue weighted by Gasteiger charge is -2.13. The van der Waals surface area contributed by atoms with Gasteiger partial charge < -0.3 is 15.3 Å². The number of hydrogen-bond donors (Lipinski definition) is 3. The van der Waals surface area contributed by atoms with E-state index < -0.39 is 12.2 Å². The number of aliphatic hydroxyl groups excluding tert-OH is 2. The summed E-state index contributed by atoms with van der Waals surface area (Å²) < 4.78 is 0. The molecule has 1 rings (SSSR count). The van der Waals surface area contributed by atoms with E-state index in [-0.39, 0.29) is 5.75 Å². The maximum atomic E-state index is 9.36. The third-order valence-corrected chi connectivity index (χ3v) is 1.67. The van der Waals surface area contributed by atoms with Gasteiger partial charge in [0.05, 0.1) is 6.10 Å². The van der Waals surface area contributed by atoms with Gasteiger partial charge in [-0.2, -0.15) is 0 Å². The molecule has 2 atom stereocenters. The molecule has 2 unspecified atom stereocenters. The van der Waals surface area contributed by atoms with Crippen LogP contribution in [0.4, 0.5) is 0 Å². The molecule has 1 aromatic carbocycles. The summed E-state index contributed by atoms with van der Waals surface area (Å²) in [6.45, 7) is 1.49. The summed E-state index contributed by atoms with van der Waals surface area (Å²) in [4.78, 5) is 0. The second-order valence-electron chi connectivity index (χ2n) is 2.78. The van der Waals surface area contributed by atoms with Crippen molar-refractivity contribution < 1.29 is 15.3 Å². The number of hydrogen-bond acceptors (Lipinski definition) is 3. The molecule has 0 radical (unpaired) electrons. The minimum absolute atomic E-state index is 0.0900. The van der Waals surface area contributed by atoms with Crippen LogP contribution in [0.1, 0.15) is 18.6 Å². The monoisotopic (exact) mass is 168 g/mol. The highest BCUT2D eigenvalue weighted by molar-refractivity contribution is 5.28. The number of aromatic hydroxyl groups is 1. The number of phenolic OH excluding ortho intramolecular Hbond substituents is 1. The van der Waals surface area contributed by atoms with Crippen LogP contribution in [0.15, 0.2) is 24.3 Å². The van der Waals surface area contributed by atoms with Gasteiger partial charge in [-0.3, -0.25) is 0 Å². The summed E-state index contributed by atoms with van der Waals surface area (Å²) in [5.74, 6) is 0.0900. The predicted octanol–water partition coefficient (Wildman–Crippen LogP) is 0.806. The van der Waals surface area contributed by atoms with Gasteiger partial charge in [-0.1, -0.05) is 12.1 Å². The van der Waals surface area contributed by atoms with Crippen molar-refractivity contribution in [1.82, 2.24) is 0 Å². The predicted molar refractivity (Wildman–Crippen MR) is 44.7 cm³/mol. The van der Waals surface area contributed by atoms with Gasteiger partial charge in [-0.25, -0.2) is 0 Å². The quantitative estimate of drug-likeness (QED) is 0.612. The van der Waals surface area contributed by atoms with Crippen LogP contribution in [-0.2, 0) is 0 Å². The van der Waals surface area contributed by atoms with E-state index in [0.29, 0.717) is 5.56 Å². The van der Waals surface area contributed by atoms with Crippen molar-refractivity contribution >= 4 is 0 Å². The third kappa shape index (κ3) is 1.96. The van der Waals surface area contributed by atoms with Gasteiger partial charge in [0, 0.05) is 0 Å². The molecule has 0 bridgehead atoms. The first-order valence-corrected chi connectivity index (χ1v) is 3.76. The lowest BCUT2D eigenvalue weighted by Crippen LogP contribution is -2.13. The molecule has 66 valence electrons. The molecule has 0 aliphatic heterocycles. The molecule has 0 aliphatic carbocycles. The van der Waals surface area contributed by atoms with Gasteiger partial charge >= 0.3 is 0 Å². The van der Waals surface area contributed by atoms with Crippen LogP contribution in [0.2, 0.25) is 0 Å².